The van der Waals surface area contributed by atoms with Gasteiger partial charge in [-0.05, 0) is 12.1 Å². The molecule has 2 heterocycles. The van der Waals surface area contributed by atoms with Gasteiger partial charge in [0.1, 0.15) is 5.82 Å². The van der Waals surface area contributed by atoms with Crippen molar-refractivity contribution in [1.82, 2.24) is 13.9 Å². The first-order valence-corrected chi connectivity index (χ1v) is 10.3. The van der Waals surface area contributed by atoms with Gasteiger partial charge in [-0.2, -0.15) is 0 Å². The van der Waals surface area contributed by atoms with Crippen LogP contribution in [0, 0.1) is 11.7 Å². The quantitative estimate of drug-likeness (QED) is 0.693. The Balaban J connectivity index is 0.000000941. The van der Waals surface area contributed by atoms with Crippen LogP contribution in [0.2, 0.25) is 0 Å². The summed E-state index contributed by atoms with van der Waals surface area (Å²) in [6.45, 7) is 0.429. The fourth-order valence-electron chi connectivity index (χ4n) is 3.10. The molecular weight excluding hydrogens is 405 g/mol. The molecule has 0 unspecified atom stereocenters. The van der Waals surface area contributed by atoms with Gasteiger partial charge in [0.15, 0.2) is 11.6 Å². The van der Waals surface area contributed by atoms with E-state index in [-0.39, 0.29) is 29.9 Å². The van der Waals surface area contributed by atoms with Gasteiger partial charge in [0.25, 0.3) is 6.47 Å². The summed E-state index contributed by atoms with van der Waals surface area (Å²) in [5.41, 5.74) is 0.301. The van der Waals surface area contributed by atoms with Crippen LogP contribution in [0.4, 0.5) is 4.39 Å². The van der Waals surface area contributed by atoms with Crippen LogP contribution in [0.25, 0.3) is 11.4 Å². The van der Waals surface area contributed by atoms with E-state index in [1.165, 1.54) is 31.6 Å². The lowest BCUT2D eigenvalue weighted by molar-refractivity contribution is -0.122. The van der Waals surface area contributed by atoms with E-state index in [0.29, 0.717) is 24.6 Å². The molecule has 1 aromatic heterocycles. The number of imidazole rings is 1. The Hall–Kier alpha value is -2.50. The first kappa shape index (κ1) is 22.8. The Morgan fingerprint density at radius 3 is 2.72 bits per heavy atom. The molecule has 3 rings (SSSR count). The van der Waals surface area contributed by atoms with Gasteiger partial charge in [0.2, 0.25) is 10.0 Å². The zero-order valence-corrected chi connectivity index (χ0v) is 17.2. The molecule has 0 radical (unpaired) electrons. The molecule has 0 bridgehead atoms. The Labute approximate surface area is 168 Å². The Kier molecular flexibility index (Phi) is 7.71. The number of methoxy groups -OCH3 is 1. The van der Waals surface area contributed by atoms with Gasteiger partial charge in [-0.15, -0.1) is 0 Å². The van der Waals surface area contributed by atoms with Crippen molar-refractivity contribution in [2.24, 2.45) is 5.92 Å². The van der Waals surface area contributed by atoms with Gasteiger partial charge >= 0.3 is 0 Å². The summed E-state index contributed by atoms with van der Waals surface area (Å²) in [7, 11) is 1.04. The van der Waals surface area contributed by atoms with Crippen molar-refractivity contribution < 1.29 is 32.2 Å². The molecule has 0 aliphatic carbocycles. The van der Waals surface area contributed by atoms with Crippen LogP contribution in [0.15, 0.2) is 30.6 Å². The van der Waals surface area contributed by atoms with E-state index >= 15 is 0 Å². The number of hydrogen-bond acceptors (Lipinski definition) is 6. The van der Waals surface area contributed by atoms with Crippen LogP contribution < -0.4 is 4.74 Å². The van der Waals surface area contributed by atoms with Gasteiger partial charge in [-0.3, -0.25) is 4.79 Å². The second-order valence-electron chi connectivity index (χ2n) is 6.51. The molecular formula is C18H24FN3O6S. The maximum Gasteiger partial charge on any atom is 0.290 e. The maximum atomic E-state index is 14.7. The summed E-state index contributed by atoms with van der Waals surface area (Å²) >= 11 is 0. The Morgan fingerprint density at radius 1 is 1.41 bits per heavy atom. The number of sulfonamides is 1. The molecule has 1 saturated heterocycles. The number of nitrogens with zero attached hydrogens (tertiary/aromatic N) is 3. The molecule has 1 aliphatic heterocycles. The van der Waals surface area contributed by atoms with E-state index < -0.39 is 15.8 Å². The van der Waals surface area contributed by atoms with E-state index in [1.807, 2.05) is 0 Å². The van der Waals surface area contributed by atoms with Gasteiger partial charge in [0, 0.05) is 32.4 Å². The molecule has 29 heavy (non-hydrogen) atoms. The third-order valence-corrected chi connectivity index (χ3v) is 6.56. The summed E-state index contributed by atoms with van der Waals surface area (Å²) in [4.78, 5) is 12.6. The van der Waals surface area contributed by atoms with Crippen LogP contribution in [-0.2, 0) is 19.6 Å². The third kappa shape index (κ3) is 5.11. The molecule has 2 atom stereocenters. The van der Waals surface area contributed by atoms with Crippen molar-refractivity contribution in [3.63, 3.8) is 0 Å². The van der Waals surface area contributed by atoms with E-state index in [1.54, 1.807) is 29.1 Å². The number of rotatable bonds is 6. The maximum absolute atomic E-state index is 14.7. The summed E-state index contributed by atoms with van der Waals surface area (Å²) < 4.78 is 52.8. The predicted molar refractivity (Wildman–Crippen MR) is 104 cm³/mol. The van der Waals surface area contributed by atoms with Crippen molar-refractivity contribution in [2.75, 3.05) is 40.2 Å². The largest absolute Gasteiger partial charge is 0.494 e. The van der Waals surface area contributed by atoms with E-state index in [2.05, 4.69) is 4.98 Å². The standard InChI is InChI=1S/C17H22FN3O4S.CH2O2/c1-20(2)26(22,23)11-12-9-25-10-14(12)21-8-7-19-17(21)13-5-4-6-15(24-3)16(13)18;2-1-3/h4-8,12,14H,9-11H2,1-3H3;1H,(H,2,3)/t12-,14-;/m1./s1. The van der Waals surface area contributed by atoms with Crippen molar-refractivity contribution in [2.45, 2.75) is 6.04 Å². The minimum Gasteiger partial charge on any atom is -0.494 e. The molecule has 1 fully saturated rings. The second-order valence-corrected chi connectivity index (χ2v) is 8.74. The summed E-state index contributed by atoms with van der Waals surface area (Å²) in [5, 5.41) is 6.89. The molecule has 1 aliphatic rings. The Bertz CT molecular complexity index is 931. The first-order chi connectivity index (χ1) is 13.8. The van der Waals surface area contributed by atoms with Gasteiger partial charge in [-0.1, -0.05) is 6.07 Å². The number of hydrogen-bond donors (Lipinski definition) is 1. The molecule has 9 nitrogen and oxygen atoms in total. The van der Waals surface area contributed by atoms with Crippen molar-refractivity contribution in [3.05, 3.63) is 36.4 Å². The summed E-state index contributed by atoms with van der Waals surface area (Å²) in [5.74, 6) is -0.235. The molecule has 0 amide bonds. The van der Waals surface area contributed by atoms with E-state index in [0.717, 1.165) is 0 Å². The highest BCUT2D eigenvalue weighted by atomic mass is 32.2. The summed E-state index contributed by atoms with van der Waals surface area (Å²) in [6, 6.07) is 4.61. The monoisotopic (exact) mass is 429 g/mol. The number of halogens is 1. The SMILES string of the molecule is COc1cccc(-c2nccn2[C@@H]2COC[C@@H]2CS(=O)(=O)N(C)C)c1F.O=CO. The lowest BCUT2D eigenvalue weighted by Crippen LogP contribution is -2.32. The predicted octanol–water partition coefficient (Wildman–Crippen LogP) is 1.48. The molecule has 11 heteroatoms. The number of ether oxygens (including phenoxy) is 2. The smallest absolute Gasteiger partial charge is 0.290 e. The van der Waals surface area contributed by atoms with Gasteiger partial charge < -0.3 is 19.1 Å². The van der Waals surface area contributed by atoms with Crippen molar-refractivity contribution in [1.29, 1.82) is 0 Å². The zero-order chi connectivity index (χ0) is 21.6. The first-order valence-electron chi connectivity index (χ1n) is 8.68. The minimum atomic E-state index is -3.38. The minimum absolute atomic E-state index is 0.0388. The second kappa shape index (κ2) is 9.81. The average molecular weight is 429 g/mol. The van der Waals surface area contributed by atoms with Gasteiger partial charge in [-0.25, -0.2) is 22.1 Å². The lowest BCUT2D eigenvalue weighted by atomic mass is 10.1. The van der Waals surface area contributed by atoms with Crippen molar-refractivity contribution >= 4 is 16.5 Å². The van der Waals surface area contributed by atoms with Crippen molar-refractivity contribution in [3.8, 4) is 17.1 Å². The normalized spacial score (nSPS) is 18.9. The van der Waals surface area contributed by atoms with Crippen LogP contribution in [-0.4, -0.2) is 74.0 Å². The van der Waals surface area contributed by atoms with E-state index in [9.17, 15) is 12.8 Å². The lowest BCUT2D eigenvalue weighted by Gasteiger charge is -2.23. The molecule has 1 N–H and O–H groups in total. The van der Waals surface area contributed by atoms with Crippen LogP contribution >= 0.6 is 0 Å². The number of aromatic nitrogens is 2. The van der Waals surface area contributed by atoms with Gasteiger partial charge in [0.05, 0.1) is 37.7 Å². The highest BCUT2D eigenvalue weighted by molar-refractivity contribution is 7.89. The fraction of sp³-hybridized carbons (Fsp3) is 0.444. The van der Waals surface area contributed by atoms with Crippen LogP contribution in [0.3, 0.4) is 0 Å². The molecule has 0 spiro atoms. The number of benzene rings is 1. The van der Waals surface area contributed by atoms with Crippen LogP contribution in [0.1, 0.15) is 6.04 Å². The topological polar surface area (TPSA) is 111 Å². The van der Waals surface area contributed by atoms with Crippen LogP contribution in [0.5, 0.6) is 5.75 Å². The third-order valence-electron chi connectivity index (χ3n) is 4.60. The highest BCUT2D eigenvalue weighted by Crippen LogP contribution is 2.34. The fourth-order valence-corrected chi connectivity index (χ4v) is 4.26. The number of carboxylic acid groups (broad SMARTS) is 1. The Morgan fingerprint density at radius 2 is 2.10 bits per heavy atom. The molecule has 2 aromatic rings. The molecule has 160 valence electrons. The number of carbonyl (C=O) groups is 1. The molecule has 0 saturated carbocycles. The zero-order valence-electron chi connectivity index (χ0n) is 16.4. The van der Waals surface area contributed by atoms with E-state index in [4.69, 9.17) is 19.4 Å². The molecule has 1 aromatic carbocycles. The highest BCUT2D eigenvalue weighted by Gasteiger charge is 2.35. The average Bonchev–Trinajstić information content (AvgIpc) is 3.31. The summed E-state index contributed by atoms with van der Waals surface area (Å²) in [6.07, 6.45) is 3.30.